The summed E-state index contributed by atoms with van der Waals surface area (Å²) in [6.07, 6.45) is 1.54. The molecule has 0 amide bonds. The van der Waals surface area contributed by atoms with Gasteiger partial charge in [-0.15, -0.1) is 0 Å². The Labute approximate surface area is 152 Å². The number of epoxide rings is 1. The van der Waals surface area contributed by atoms with Crippen molar-refractivity contribution in [3.8, 4) is 0 Å². The van der Waals surface area contributed by atoms with Crippen LogP contribution in [0.15, 0.2) is 12.2 Å². The number of rotatable bonds is 3. The van der Waals surface area contributed by atoms with Gasteiger partial charge in [-0.1, -0.05) is 6.58 Å². The molecule has 0 aromatic rings. The van der Waals surface area contributed by atoms with E-state index in [1.54, 1.807) is 0 Å². The van der Waals surface area contributed by atoms with E-state index in [1.807, 2.05) is 0 Å². The molecule has 0 unspecified atom stereocenters. The SMILES string of the molecule is C=C1C(=O)O[C@@H]2[C@H]3[C@H](COC(C)=O)[C@@H](OC(C)=O)C[C@H]3[C@]3(CC[C@@H]12)CO3. The summed E-state index contributed by atoms with van der Waals surface area (Å²) in [4.78, 5) is 35.1. The average Bonchev–Trinajstić information content (AvgIpc) is 3.21. The van der Waals surface area contributed by atoms with Crippen LogP contribution in [0.5, 0.6) is 0 Å². The molecule has 142 valence electrons. The highest BCUT2D eigenvalue weighted by Crippen LogP contribution is 2.59. The molecule has 0 aromatic carbocycles. The average molecular weight is 364 g/mol. The maximum absolute atomic E-state index is 12.1. The molecule has 0 N–H and O–H groups in total. The number of carbonyl (C=O) groups is 3. The summed E-state index contributed by atoms with van der Waals surface area (Å²) in [5.74, 6) is -1.38. The van der Waals surface area contributed by atoms with Gasteiger partial charge in [-0.2, -0.15) is 0 Å². The second-order valence-electron chi connectivity index (χ2n) is 7.93. The highest BCUT2D eigenvalue weighted by Gasteiger charge is 2.66. The molecular formula is C19H24O7. The standard InChI is InChI=1S/C19H24O7/c1-9-12-4-5-19(8-24-19)14-6-15(25-11(3)21)13(7-23-10(2)20)16(14)17(12)26-18(9)22/h12-17H,1,4-8H2,2-3H3/t12-,13+,14+,15-,16-,17-,19-/m0/s1. The Hall–Kier alpha value is -1.89. The number of carbonyl (C=O) groups excluding carboxylic acids is 3. The van der Waals surface area contributed by atoms with Crippen LogP contribution in [0.1, 0.15) is 33.1 Å². The molecule has 7 heteroatoms. The van der Waals surface area contributed by atoms with E-state index in [-0.39, 0.29) is 66.0 Å². The molecule has 4 rings (SSSR count). The van der Waals surface area contributed by atoms with Crippen LogP contribution >= 0.6 is 0 Å². The topological polar surface area (TPSA) is 91.4 Å². The van der Waals surface area contributed by atoms with Crippen molar-refractivity contribution in [3.05, 3.63) is 12.2 Å². The maximum atomic E-state index is 12.1. The lowest BCUT2D eigenvalue weighted by Crippen LogP contribution is -2.39. The molecule has 26 heavy (non-hydrogen) atoms. The molecule has 2 saturated heterocycles. The summed E-state index contributed by atoms with van der Waals surface area (Å²) < 4.78 is 22.4. The Morgan fingerprint density at radius 3 is 2.65 bits per heavy atom. The Morgan fingerprint density at radius 1 is 1.31 bits per heavy atom. The van der Waals surface area contributed by atoms with Crippen molar-refractivity contribution in [2.45, 2.75) is 50.9 Å². The zero-order chi connectivity index (χ0) is 18.6. The van der Waals surface area contributed by atoms with Gasteiger partial charge in [0.25, 0.3) is 0 Å². The quantitative estimate of drug-likeness (QED) is 0.323. The largest absolute Gasteiger partial charge is 0.465 e. The summed E-state index contributed by atoms with van der Waals surface area (Å²) >= 11 is 0. The zero-order valence-electron chi connectivity index (χ0n) is 15.1. The molecular weight excluding hydrogens is 340 g/mol. The fraction of sp³-hybridized carbons (Fsp3) is 0.737. The normalized spacial score (nSPS) is 43.3. The van der Waals surface area contributed by atoms with Gasteiger partial charge in [0.1, 0.15) is 12.2 Å². The first kappa shape index (κ1) is 17.5. The van der Waals surface area contributed by atoms with Crippen molar-refractivity contribution in [2.24, 2.45) is 23.7 Å². The minimum Gasteiger partial charge on any atom is -0.465 e. The van der Waals surface area contributed by atoms with Gasteiger partial charge in [0.05, 0.1) is 18.8 Å². The van der Waals surface area contributed by atoms with Gasteiger partial charge in [-0.05, 0) is 19.3 Å². The summed E-state index contributed by atoms with van der Waals surface area (Å²) in [6, 6.07) is 0. The van der Waals surface area contributed by atoms with Crippen LogP contribution in [0.2, 0.25) is 0 Å². The smallest absolute Gasteiger partial charge is 0.334 e. The predicted molar refractivity (Wildman–Crippen MR) is 87.7 cm³/mol. The summed E-state index contributed by atoms with van der Waals surface area (Å²) in [6.45, 7) is 7.46. The van der Waals surface area contributed by atoms with E-state index in [1.165, 1.54) is 13.8 Å². The van der Waals surface area contributed by atoms with E-state index in [4.69, 9.17) is 18.9 Å². The van der Waals surface area contributed by atoms with Crippen LogP contribution < -0.4 is 0 Å². The van der Waals surface area contributed by atoms with Gasteiger partial charge in [-0.25, -0.2) is 4.79 Å². The second kappa shape index (κ2) is 6.08. The Morgan fingerprint density at radius 2 is 2.04 bits per heavy atom. The third kappa shape index (κ3) is 2.73. The Bertz CT molecular complexity index is 665. The van der Waals surface area contributed by atoms with E-state index < -0.39 is 0 Å². The molecule has 0 radical (unpaired) electrons. The molecule has 7 atom stereocenters. The summed E-state index contributed by atoms with van der Waals surface area (Å²) in [7, 11) is 0. The van der Waals surface area contributed by atoms with Crippen LogP contribution in [0.25, 0.3) is 0 Å². The fourth-order valence-corrected chi connectivity index (χ4v) is 5.30. The van der Waals surface area contributed by atoms with Crippen LogP contribution in [-0.4, -0.2) is 48.9 Å². The van der Waals surface area contributed by atoms with Crippen molar-refractivity contribution in [3.63, 3.8) is 0 Å². The Kier molecular flexibility index (Phi) is 4.10. The highest BCUT2D eigenvalue weighted by atomic mass is 16.6. The molecule has 2 saturated carbocycles. The van der Waals surface area contributed by atoms with E-state index in [0.29, 0.717) is 18.6 Å². The van der Waals surface area contributed by atoms with Gasteiger partial charge in [0.2, 0.25) is 0 Å². The first-order valence-electron chi connectivity index (χ1n) is 9.17. The highest BCUT2D eigenvalue weighted by molar-refractivity contribution is 5.90. The molecule has 0 aromatic heterocycles. The minimum atomic E-state index is -0.384. The van der Waals surface area contributed by atoms with Crippen LogP contribution in [0, 0.1) is 23.7 Å². The van der Waals surface area contributed by atoms with Gasteiger partial charge in [0, 0.05) is 43.1 Å². The molecule has 0 bridgehead atoms. The number of hydrogen-bond acceptors (Lipinski definition) is 7. The molecule has 1 spiro atoms. The van der Waals surface area contributed by atoms with E-state index in [2.05, 4.69) is 6.58 Å². The van der Waals surface area contributed by atoms with Crippen molar-refractivity contribution in [1.29, 1.82) is 0 Å². The summed E-state index contributed by atoms with van der Waals surface area (Å²) in [5.41, 5.74) is 0.263. The third-order valence-corrected chi connectivity index (χ3v) is 6.52. The fourth-order valence-electron chi connectivity index (χ4n) is 5.30. The van der Waals surface area contributed by atoms with Crippen molar-refractivity contribution >= 4 is 17.9 Å². The first-order valence-corrected chi connectivity index (χ1v) is 9.17. The first-order chi connectivity index (χ1) is 12.3. The molecule has 2 aliphatic heterocycles. The van der Waals surface area contributed by atoms with Gasteiger partial charge >= 0.3 is 17.9 Å². The lowest BCUT2D eigenvalue weighted by Gasteiger charge is -2.31. The van der Waals surface area contributed by atoms with E-state index in [9.17, 15) is 14.4 Å². The van der Waals surface area contributed by atoms with E-state index >= 15 is 0 Å². The number of ether oxygens (including phenoxy) is 4. The monoisotopic (exact) mass is 364 g/mol. The van der Waals surface area contributed by atoms with Crippen molar-refractivity contribution in [2.75, 3.05) is 13.2 Å². The number of fused-ring (bicyclic) bond motifs is 4. The predicted octanol–water partition coefficient (Wildman–Crippen LogP) is 1.39. The van der Waals surface area contributed by atoms with Crippen LogP contribution in [0.4, 0.5) is 0 Å². The van der Waals surface area contributed by atoms with Crippen molar-refractivity contribution in [1.82, 2.24) is 0 Å². The van der Waals surface area contributed by atoms with E-state index in [0.717, 1.165) is 12.8 Å². The van der Waals surface area contributed by atoms with Crippen LogP contribution in [-0.2, 0) is 33.3 Å². The summed E-state index contributed by atoms with van der Waals surface area (Å²) in [5, 5.41) is 0. The maximum Gasteiger partial charge on any atom is 0.334 e. The molecule has 2 heterocycles. The Balaban J connectivity index is 1.69. The zero-order valence-corrected chi connectivity index (χ0v) is 15.1. The van der Waals surface area contributed by atoms with Gasteiger partial charge in [0.15, 0.2) is 0 Å². The molecule has 4 aliphatic rings. The minimum absolute atomic E-state index is 0.0607. The van der Waals surface area contributed by atoms with Gasteiger partial charge in [-0.3, -0.25) is 9.59 Å². The lowest BCUT2D eigenvalue weighted by molar-refractivity contribution is -0.156. The van der Waals surface area contributed by atoms with Crippen LogP contribution in [0.3, 0.4) is 0 Å². The molecule has 4 fully saturated rings. The van der Waals surface area contributed by atoms with Crippen molar-refractivity contribution < 1.29 is 33.3 Å². The lowest BCUT2D eigenvalue weighted by atomic mass is 9.77. The molecule has 2 aliphatic carbocycles. The molecule has 7 nitrogen and oxygen atoms in total. The number of esters is 3. The number of hydrogen-bond donors (Lipinski definition) is 0. The third-order valence-electron chi connectivity index (χ3n) is 6.52. The van der Waals surface area contributed by atoms with Gasteiger partial charge < -0.3 is 18.9 Å². The second-order valence-corrected chi connectivity index (χ2v) is 7.93.